The normalized spacial score (nSPS) is 10.2. The summed E-state index contributed by atoms with van der Waals surface area (Å²) < 4.78 is 26.7. The van der Waals surface area contributed by atoms with Crippen LogP contribution in [0.3, 0.4) is 0 Å². The SMILES string of the molecule is O=C(Cc1cccnc1)c1c(F)cccc1F. The average Bonchev–Trinajstić information content (AvgIpc) is 2.30. The van der Waals surface area contributed by atoms with Crippen molar-refractivity contribution in [1.29, 1.82) is 0 Å². The summed E-state index contributed by atoms with van der Waals surface area (Å²) in [6.45, 7) is 0. The fraction of sp³-hybridized carbons (Fsp3) is 0.0769. The lowest BCUT2D eigenvalue weighted by Gasteiger charge is -2.03. The molecule has 0 fully saturated rings. The minimum absolute atomic E-state index is 0.0638. The summed E-state index contributed by atoms with van der Waals surface area (Å²) in [6, 6.07) is 6.72. The first kappa shape index (κ1) is 11.4. The maximum absolute atomic E-state index is 13.3. The number of aromatic nitrogens is 1. The van der Waals surface area contributed by atoms with Gasteiger partial charge in [-0.3, -0.25) is 9.78 Å². The molecule has 0 aliphatic rings. The molecule has 0 aliphatic heterocycles. The number of pyridine rings is 1. The van der Waals surface area contributed by atoms with Crippen LogP contribution in [0.25, 0.3) is 0 Å². The molecule has 0 saturated heterocycles. The van der Waals surface area contributed by atoms with Crippen LogP contribution >= 0.6 is 0 Å². The Hall–Kier alpha value is -2.10. The molecule has 0 radical (unpaired) electrons. The smallest absolute Gasteiger partial charge is 0.173 e. The molecule has 0 amide bonds. The van der Waals surface area contributed by atoms with E-state index in [0.717, 1.165) is 12.1 Å². The van der Waals surface area contributed by atoms with Gasteiger partial charge in [-0.05, 0) is 23.8 Å². The monoisotopic (exact) mass is 233 g/mol. The van der Waals surface area contributed by atoms with Gasteiger partial charge < -0.3 is 0 Å². The van der Waals surface area contributed by atoms with Crippen LogP contribution in [-0.2, 0) is 6.42 Å². The minimum atomic E-state index is -0.834. The summed E-state index contributed by atoms with van der Waals surface area (Å²) in [5.41, 5.74) is 0.136. The fourth-order valence-corrected chi connectivity index (χ4v) is 1.54. The average molecular weight is 233 g/mol. The lowest BCUT2D eigenvalue weighted by molar-refractivity contribution is 0.0985. The predicted octanol–water partition coefficient (Wildman–Crippen LogP) is 2.79. The Morgan fingerprint density at radius 3 is 2.41 bits per heavy atom. The third kappa shape index (κ3) is 2.53. The number of Topliss-reactive ketones (excluding diaryl/α,β-unsaturated/α-hetero) is 1. The first-order valence-corrected chi connectivity index (χ1v) is 5.04. The molecule has 1 aromatic carbocycles. The molecular weight excluding hydrogens is 224 g/mol. The van der Waals surface area contributed by atoms with Gasteiger partial charge in [0.25, 0.3) is 0 Å². The maximum atomic E-state index is 13.3. The molecule has 2 aromatic rings. The van der Waals surface area contributed by atoms with Crippen LogP contribution in [0.4, 0.5) is 8.78 Å². The van der Waals surface area contributed by atoms with Gasteiger partial charge in [0.1, 0.15) is 11.6 Å². The second-order valence-electron chi connectivity index (χ2n) is 3.56. The van der Waals surface area contributed by atoms with Crippen LogP contribution < -0.4 is 0 Å². The van der Waals surface area contributed by atoms with Gasteiger partial charge in [-0.15, -0.1) is 0 Å². The number of carbonyl (C=O) groups is 1. The first-order valence-electron chi connectivity index (χ1n) is 5.04. The van der Waals surface area contributed by atoms with Gasteiger partial charge in [0.05, 0.1) is 5.56 Å². The second kappa shape index (κ2) is 4.82. The van der Waals surface area contributed by atoms with Crippen LogP contribution in [0.15, 0.2) is 42.7 Å². The summed E-state index contributed by atoms with van der Waals surface area (Å²) in [4.78, 5) is 15.6. The lowest BCUT2D eigenvalue weighted by Crippen LogP contribution is -2.09. The van der Waals surface area contributed by atoms with Crippen molar-refractivity contribution in [2.24, 2.45) is 0 Å². The van der Waals surface area contributed by atoms with Gasteiger partial charge >= 0.3 is 0 Å². The molecule has 17 heavy (non-hydrogen) atoms. The van der Waals surface area contributed by atoms with Crippen LogP contribution in [-0.4, -0.2) is 10.8 Å². The van der Waals surface area contributed by atoms with E-state index < -0.39 is 23.0 Å². The van der Waals surface area contributed by atoms with E-state index in [1.807, 2.05) is 0 Å². The summed E-state index contributed by atoms with van der Waals surface area (Å²) in [5.74, 6) is -2.26. The van der Waals surface area contributed by atoms with Crippen molar-refractivity contribution in [3.8, 4) is 0 Å². The second-order valence-corrected chi connectivity index (χ2v) is 3.56. The molecule has 1 heterocycles. The van der Waals surface area contributed by atoms with Crippen molar-refractivity contribution in [2.75, 3.05) is 0 Å². The first-order chi connectivity index (χ1) is 8.18. The van der Waals surface area contributed by atoms with Crippen molar-refractivity contribution in [3.05, 3.63) is 65.5 Å². The summed E-state index contributed by atoms with van der Waals surface area (Å²) in [7, 11) is 0. The standard InChI is InChI=1S/C13H9F2NO/c14-10-4-1-5-11(15)13(10)12(17)7-9-3-2-6-16-8-9/h1-6,8H,7H2. The van der Waals surface area contributed by atoms with Gasteiger partial charge in [-0.2, -0.15) is 0 Å². The molecular formula is C13H9F2NO. The number of ketones is 1. The van der Waals surface area contributed by atoms with E-state index in [9.17, 15) is 13.6 Å². The van der Waals surface area contributed by atoms with E-state index >= 15 is 0 Å². The van der Waals surface area contributed by atoms with Crippen LogP contribution in [0.2, 0.25) is 0 Å². The number of benzene rings is 1. The largest absolute Gasteiger partial charge is 0.294 e. The quantitative estimate of drug-likeness (QED) is 0.763. The lowest BCUT2D eigenvalue weighted by atomic mass is 10.0. The summed E-state index contributed by atoms with van der Waals surface area (Å²) in [6.07, 6.45) is 3.00. The van der Waals surface area contributed by atoms with Gasteiger partial charge in [0.15, 0.2) is 5.78 Å². The molecule has 0 saturated carbocycles. The van der Waals surface area contributed by atoms with E-state index in [4.69, 9.17) is 0 Å². The van der Waals surface area contributed by atoms with Gasteiger partial charge in [0, 0.05) is 18.8 Å². The van der Waals surface area contributed by atoms with Gasteiger partial charge in [-0.1, -0.05) is 12.1 Å². The molecule has 86 valence electrons. The topological polar surface area (TPSA) is 30.0 Å². The number of halogens is 2. The molecule has 0 unspecified atom stereocenters. The van der Waals surface area contributed by atoms with E-state index in [1.54, 1.807) is 18.3 Å². The Morgan fingerprint density at radius 1 is 1.12 bits per heavy atom. The molecule has 4 heteroatoms. The highest BCUT2D eigenvalue weighted by Gasteiger charge is 2.16. The summed E-state index contributed by atoms with van der Waals surface area (Å²) >= 11 is 0. The highest BCUT2D eigenvalue weighted by atomic mass is 19.1. The highest BCUT2D eigenvalue weighted by Crippen LogP contribution is 2.14. The molecule has 0 N–H and O–H groups in total. The number of rotatable bonds is 3. The number of carbonyl (C=O) groups excluding carboxylic acids is 1. The van der Waals surface area contributed by atoms with Crippen LogP contribution in [0, 0.1) is 11.6 Å². The third-order valence-electron chi connectivity index (χ3n) is 2.33. The Labute approximate surface area is 96.9 Å². The third-order valence-corrected chi connectivity index (χ3v) is 2.33. The van der Waals surface area contributed by atoms with Gasteiger partial charge in [-0.25, -0.2) is 8.78 Å². The number of nitrogens with zero attached hydrogens (tertiary/aromatic N) is 1. The van der Waals surface area contributed by atoms with E-state index in [2.05, 4.69) is 4.98 Å². The van der Waals surface area contributed by atoms with E-state index in [0.29, 0.717) is 5.56 Å². The zero-order chi connectivity index (χ0) is 12.3. The number of hydrogen-bond acceptors (Lipinski definition) is 2. The molecule has 2 rings (SSSR count). The van der Waals surface area contributed by atoms with E-state index in [-0.39, 0.29) is 6.42 Å². The summed E-state index contributed by atoms with van der Waals surface area (Å²) in [5, 5.41) is 0. The zero-order valence-corrected chi connectivity index (χ0v) is 8.86. The van der Waals surface area contributed by atoms with Crippen molar-refractivity contribution in [1.82, 2.24) is 4.98 Å². The molecule has 0 spiro atoms. The van der Waals surface area contributed by atoms with Crippen LogP contribution in [0.1, 0.15) is 15.9 Å². The predicted molar refractivity (Wildman–Crippen MR) is 58.6 cm³/mol. The highest BCUT2D eigenvalue weighted by molar-refractivity contribution is 5.97. The Morgan fingerprint density at radius 2 is 1.82 bits per heavy atom. The molecule has 0 bridgehead atoms. The molecule has 0 aliphatic carbocycles. The fourth-order valence-electron chi connectivity index (χ4n) is 1.54. The van der Waals surface area contributed by atoms with Gasteiger partial charge in [0.2, 0.25) is 0 Å². The molecule has 0 atom stereocenters. The Kier molecular flexibility index (Phi) is 3.23. The zero-order valence-electron chi connectivity index (χ0n) is 8.86. The van der Waals surface area contributed by atoms with Crippen molar-refractivity contribution in [3.63, 3.8) is 0 Å². The van der Waals surface area contributed by atoms with Crippen molar-refractivity contribution in [2.45, 2.75) is 6.42 Å². The van der Waals surface area contributed by atoms with E-state index in [1.165, 1.54) is 12.3 Å². The minimum Gasteiger partial charge on any atom is -0.294 e. The van der Waals surface area contributed by atoms with Crippen LogP contribution in [0.5, 0.6) is 0 Å². The molecule has 1 aromatic heterocycles. The molecule has 2 nitrogen and oxygen atoms in total. The Bertz CT molecular complexity index is 520. The van der Waals surface area contributed by atoms with Crippen molar-refractivity contribution >= 4 is 5.78 Å². The maximum Gasteiger partial charge on any atom is 0.173 e. The number of hydrogen-bond donors (Lipinski definition) is 0. The van der Waals surface area contributed by atoms with Crippen molar-refractivity contribution < 1.29 is 13.6 Å². The Balaban J connectivity index is 2.27.